The molecular weight excluding hydrogens is 423 g/mol. The van der Waals surface area contributed by atoms with Crippen molar-refractivity contribution in [3.05, 3.63) is 23.5 Å². The molecule has 2 fully saturated rings. The second-order valence-electron chi connectivity index (χ2n) is 9.92. The van der Waals surface area contributed by atoms with Crippen molar-refractivity contribution < 1.29 is 14.3 Å². The lowest BCUT2D eigenvalue weighted by atomic mass is 10.0. The Balaban J connectivity index is 1.50. The summed E-state index contributed by atoms with van der Waals surface area (Å²) in [5.41, 5.74) is 2.23. The van der Waals surface area contributed by atoms with Gasteiger partial charge in [-0.15, -0.1) is 0 Å². The van der Waals surface area contributed by atoms with Crippen LogP contribution in [-0.2, 0) is 4.74 Å². The maximum absolute atomic E-state index is 12.2. The molecular formula is C22H33AlN6O3. The zero-order valence-electron chi connectivity index (χ0n) is 19.7. The fourth-order valence-electron chi connectivity index (χ4n) is 4.66. The van der Waals surface area contributed by atoms with Crippen molar-refractivity contribution in [2.45, 2.75) is 71.1 Å². The number of hydrogen-bond acceptors (Lipinski definition) is 6. The number of nitrogens with zero attached hydrogens (tertiary/aromatic N) is 5. The van der Waals surface area contributed by atoms with Crippen molar-refractivity contribution in [2.24, 2.45) is 0 Å². The van der Waals surface area contributed by atoms with Crippen LogP contribution in [0.4, 0.5) is 15.4 Å². The van der Waals surface area contributed by atoms with Crippen LogP contribution in [0.3, 0.4) is 0 Å². The van der Waals surface area contributed by atoms with E-state index in [9.17, 15) is 9.59 Å². The lowest BCUT2D eigenvalue weighted by Crippen LogP contribution is -2.40. The zero-order chi connectivity index (χ0) is 23.0. The maximum Gasteiger partial charge on any atom is 0.407 e. The topological polar surface area (TPSA) is 92.1 Å². The molecule has 2 saturated heterocycles. The summed E-state index contributed by atoms with van der Waals surface area (Å²) in [7, 11) is 0. The monoisotopic (exact) mass is 456 g/mol. The Hall–Kier alpha value is -2.31. The van der Waals surface area contributed by atoms with Crippen LogP contribution >= 0.6 is 0 Å². The lowest BCUT2D eigenvalue weighted by molar-refractivity contribution is 0.0509. The third-order valence-corrected chi connectivity index (χ3v) is 6.66. The van der Waals surface area contributed by atoms with E-state index in [0.29, 0.717) is 22.8 Å². The summed E-state index contributed by atoms with van der Waals surface area (Å²) >= 11 is 0.528. The Morgan fingerprint density at radius 2 is 2.00 bits per heavy atom. The Kier molecular flexibility index (Phi) is 6.37. The molecule has 4 rings (SSSR count). The van der Waals surface area contributed by atoms with E-state index < -0.39 is 5.60 Å². The van der Waals surface area contributed by atoms with Gasteiger partial charge in [0.1, 0.15) is 16.2 Å². The minimum Gasteiger partial charge on any atom is -0.444 e. The molecule has 0 spiro atoms. The van der Waals surface area contributed by atoms with Crippen LogP contribution in [0.2, 0.25) is 0 Å². The van der Waals surface area contributed by atoms with Gasteiger partial charge in [0.25, 0.3) is 0 Å². The van der Waals surface area contributed by atoms with Gasteiger partial charge in [-0.25, -0.2) is 14.3 Å². The van der Waals surface area contributed by atoms with Crippen molar-refractivity contribution in [3.8, 4) is 0 Å². The second kappa shape index (κ2) is 8.91. The van der Waals surface area contributed by atoms with Crippen molar-refractivity contribution in [1.82, 2.24) is 24.8 Å². The molecule has 172 valence electrons. The number of fused-ring (bicyclic) bond motifs is 1. The molecule has 2 atom stereocenters. The number of aryl methyl sites for hydroxylation is 1. The minimum absolute atomic E-state index is 0.0262. The Bertz CT molecular complexity index is 1020. The van der Waals surface area contributed by atoms with Gasteiger partial charge in [-0.2, -0.15) is 5.10 Å². The van der Waals surface area contributed by atoms with E-state index in [1.54, 1.807) is 0 Å². The summed E-state index contributed by atoms with van der Waals surface area (Å²) in [6.07, 6.45) is 5.60. The molecule has 1 N–H and O–H groups in total. The molecule has 2 amide bonds. The summed E-state index contributed by atoms with van der Waals surface area (Å²) in [5.74, 6) is 0.914. The van der Waals surface area contributed by atoms with E-state index in [1.165, 1.54) is 0 Å². The van der Waals surface area contributed by atoms with Crippen molar-refractivity contribution in [2.75, 3.05) is 24.5 Å². The number of piperidine rings is 1. The summed E-state index contributed by atoms with van der Waals surface area (Å²) in [6.45, 7) is 9.94. The first-order valence-corrected chi connectivity index (χ1v) is 12.5. The Morgan fingerprint density at radius 1 is 1.22 bits per heavy atom. The number of aromatic nitrogens is 3. The maximum atomic E-state index is 12.2. The van der Waals surface area contributed by atoms with Crippen LogP contribution in [0, 0.1) is 6.92 Å². The third-order valence-electron chi connectivity index (χ3n) is 6.08. The number of carbonyl (C=O) groups excluding carboxylic acids is 2. The molecule has 0 unspecified atom stereocenters. The molecule has 4 heterocycles. The van der Waals surface area contributed by atoms with Gasteiger partial charge >= 0.3 is 22.4 Å². The first kappa shape index (κ1) is 22.9. The predicted molar refractivity (Wildman–Crippen MR) is 125 cm³/mol. The highest BCUT2D eigenvalue weighted by Gasteiger charge is 2.30. The zero-order valence-corrected chi connectivity index (χ0v) is 21.7. The van der Waals surface area contributed by atoms with Gasteiger partial charge in [0.05, 0.1) is 17.8 Å². The van der Waals surface area contributed by atoms with E-state index in [1.807, 2.05) is 49.4 Å². The van der Waals surface area contributed by atoms with Gasteiger partial charge in [-0.05, 0) is 53.4 Å². The quantitative estimate of drug-likeness (QED) is 0.714. The van der Waals surface area contributed by atoms with Gasteiger partial charge in [0.15, 0.2) is 5.65 Å². The number of nitrogens with one attached hydrogen (secondary N) is 1. The highest BCUT2D eigenvalue weighted by atomic mass is 27.0. The molecule has 0 aromatic carbocycles. The molecule has 0 saturated carbocycles. The van der Waals surface area contributed by atoms with Crippen LogP contribution in [0.25, 0.3) is 5.65 Å². The normalized spacial score (nSPS) is 21.8. The fourth-order valence-corrected chi connectivity index (χ4v) is 5.20. The average Bonchev–Trinajstić information content (AvgIpc) is 3.32. The Morgan fingerprint density at radius 3 is 2.72 bits per heavy atom. The molecule has 0 radical (unpaired) electrons. The van der Waals surface area contributed by atoms with Gasteiger partial charge in [-0.3, -0.25) is 4.79 Å². The number of carbonyl (C=O) groups is 2. The minimum atomic E-state index is -0.510. The molecule has 0 bridgehead atoms. The van der Waals surface area contributed by atoms with Crippen LogP contribution in [-0.4, -0.2) is 77.9 Å². The number of likely N-dealkylation sites (tertiary alicyclic amines) is 1. The van der Waals surface area contributed by atoms with E-state index in [4.69, 9.17) is 14.8 Å². The van der Waals surface area contributed by atoms with E-state index in [-0.39, 0.29) is 22.9 Å². The lowest BCUT2D eigenvalue weighted by Gasteiger charge is -2.34. The van der Waals surface area contributed by atoms with Crippen LogP contribution in [0.15, 0.2) is 12.3 Å². The number of amides is 2. The van der Waals surface area contributed by atoms with Crippen LogP contribution in [0.1, 0.15) is 63.8 Å². The van der Waals surface area contributed by atoms with E-state index in [0.717, 1.165) is 61.5 Å². The van der Waals surface area contributed by atoms with E-state index in [2.05, 4.69) is 10.2 Å². The SMILES string of the molecule is Cc1cn2nc([C@@H]3CCCCN3[C](=O)[AlH2])cc2nc1N1CC[C@H](NC(=O)OC(C)(C)C)C1. The van der Waals surface area contributed by atoms with Crippen LogP contribution in [0.5, 0.6) is 0 Å². The van der Waals surface area contributed by atoms with Gasteiger partial charge < -0.3 is 19.9 Å². The summed E-state index contributed by atoms with van der Waals surface area (Å²) in [5, 5.41) is 7.74. The highest BCUT2D eigenvalue weighted by molar-refractivity contribution is 6.56. The summed E-state index contributed by atoms with van der Waals surface area (Å²) in [4.78, 5) is 33.4. The number of anilines is 1. The number of ether oxygens (including phenoxy) is 1. The van der Waals surface area contributed by atoms with Gasteiger partial charge in [-0.1, -0.05) is 0 Å². The van der Waals surface area contributed by atoms with Crippen LogP contribution < -0.4 is 10.2 Å². The molecule has 32 heavy (non-hydrogen) atoms. The smallest absolute Gasteiger partial charge is 0.407 e. The van der Waals surface area contributed by atoms with Gasteiger partial charge in [0, 0.05) is 37.5 Å². The largest absolute Gasteiger partial charge is 0.444 e. The number of alkyl carbamates (subject to hydrolysis) is 1. The van der Waals surface area contributed by atoms with Crippen molar-refractivity contribution in [3.63, 3.8) is 0 Å². The van der Waals surface area contributed by atoms with Crippen molar-refractivity contribution in [1.29, 1.82) is 0 Å². The molecule has 2 aliphatic rings. The standard InChI is InChI=1S/C22H31N6O3.Al.2H/c1-15-12-28-19(11-17(25-28)18-7-5-6-9-27(18)14-29)24-20(15)26-10-8-16(13-26)23-21(30)31-22(2,3)4;;;/h11-12,16,18H,5-10,13H2,1-4H3,(H,23,30);;;/t16-,18-;;;/m0.../s1. The van der Waals surface area contributed by atoms with E-state index >= 15 is 0 Å². The Labute approximate surface area is 196 Å². The molecule has 2 aromatic heterocycles. The summed E-state index contributed by atoms with van der Waals surface area (Å²) < 4.78 is 7.44. The third kappa shape index (κ3) is 5.02. The fraction of sp³-hybridized carbons (Fsp3) is 0.636. The molecule has 0 aliphatic carbocycles. The summed E-state index contributed by atoms with van der Waals surface area (Å²) in [6, 6.07) is 2.09. The van der Waals surface area contributed by atoms with Gasteiger partial charge in [0.2, 0.25) is 0 Å². The molecule has 10 heteroatoms. The predicted octanol–water partition coefficient (Wildman–Crippen LogP) is 2.42. The first-order chi connectivity index (χ1) is 15.1. The average molecular weight is 457 g/mol. The second-order valence-corrected chi connectivity index (χ2v) is 10.8. The molecule has 2 aromatic rings. The highest BCUT2D eigenvalue weighted by Crippen LogP contribution is 2.31. The molecule has 2 aliphatic heterocycles. The van der Waals surface area contributed by atoms with Crippen molar-refractivity contribution >= 4 is 38.6 Å². The molecule has 9 nitrogen and oxygen atoms in total. The number of hydrogen-bond donors (Lipinski definition) is 1. The number of rotatable bonds is 3. The first-order valence-electron chi connectivity index (χ1n) is 11.5.